The van der Waals surface area contributed by atoms with Gasteiger partial charge in [0.05, 0.1) is 31.1 Å². The summed E-state index contributed by atoms with van der Waals surface area (Å²) in [5.74, 6) is -0.565. The number of aliphatic hydroxyl groups is 2. The van der Waals surface area contributed by atoms with Crippen LogP contribution >= 0.6 is 0 Å². The molecule has 2 unspecified atom stereocenters. The normalized spacial score (nSPS) is 13.5. The van der Waals surface area contributed by atoms with E-state index in [-0.39, 0.29) is 18.4 Å². The molecule has 0 bridgehead atoms. The minimum Gasteiger partial charge on any atom is -0.389 e. The van der Waals surface area contributed by atoms with E-state index in [4.69, 9.17) is 10.5 Å². The fourth-order valence-electron chi connectivity index (χ4n) is 1.50. The predicted molar refractivity (Wildman–Crippen MR) is 56.9 cm³/mol. The number of halogens is 1. The third kappa shape index (κ3) is 3.25. The van der Waals surface area contributed by atoms with Crippen LogP contribution in [0.2, 0.25) is 0 Å². The number of hydrogen-bond acceptors (Lipinski definition) is 4. The van der Waals surface area contributed by atoms with Gasteiger partial charge in [-0.25, -0.2) is 4.39 Å². The summed E-state index contributed by atoms with van der Waals surface area (Å²) in [7, 11) is 0. The smallest absolute Gasteiger partial charge is 0.123 e. The molecule has 0 saturated heterocycles. The highest BCUT2D eigenvalue weighted by Gasteiger charge is 2.21. The highest BCUT2D eigenvalue weighted by Crippen LogP contribution is 2.24. The van der Waals surface area contributed by atoms with E-state index in [1.807, 2.05) is 6.07 Å². The van der Waals surface area contributed by atoms with E-state index in [9.17, 15) is 14.6 Å². The van der Waals surface area contributed by atoms with Crippen LogP contribution in [-0.4, -0.2) is 16.3 Å². The Morgan fingerprint density at radius 1 is 1.24 bits per heavy atom. The topological polar surface area (TPSA) is 88.0 Å². The van der Waals surface area contributed by atoms with Gasteiger partial charge in [-0.15, -0.1) is 0 Å². The zero-order valence-electron chi connectivity index (χ0n) is 8.97. The monoisotopic (exact) mass is 234 g/mol. The van der Waals surface area contributed by atoms with Crippen molar-refractivity contribution >= 4 is 0 Å². The van der Waals surface area contributed by atoms with E-state index in [0.29, 0.717) is 5.56 Å². The lowest BCUT2D eigenvalue weighted by Gasteiger charge is -2.18. The molecule has 0 saturated carbocycles. The number of hydrogen-bond donors (Lipinski definition) is 2. The van der Waals surface area contributed by atoms with Gasteiger partial charge in [-0.2, -0.15) is 10.5 Å². The van der Waals surface area contributed by atoms with Crippen LogP contribution in [-0.2, 0) is 6.42 Å². The molecule has 0 aromatic heterocycles. The van der Waals surface area contributed by atoms with E-state index >= 15 is 0 Å². The second kappa shape index (κ2) is 5.95. The zero-order valence-corrected chi connectivity index (χ0v) is 8.97. The molecule has 0 aliphatic heterocycles. The van der Waals surface area contributed by atoms with Crippen molar-refractivity contribution in [1.82, 2.24) is 0 Å². The van der Waals surface area contributed by atoms with Gasteiger partial charge < -0.3 is 10.2 Å². The summed E-state index contributed by atoms with van der Waals surface area (Å²) >= 11 is 0. The molecule has 1 aromatic rings. The lowest BCUT2D eigenvalue weighted by molar-refractivity contribution is 0.0210. The molecule has 1 rings (SSSR count). The van der Waals surface area contributed by atoms with Crippen molar-refractivity contribution < 1.29 is 14.6 Å². The molecular formula is C12H11FN2O2. The van der Waals surface area contributed by atoms with Crippen LogP contribution in [0.4, 0.5) is 4.39 Å². The fraction of sp³-hybridized carbons (Fsp3) is 0.333. The van der Waals surface area contributed by atoms with E-state index < -0.39 is 18.0 Å². The van der Waals surface area contributed by atoms with Gasteiger partial charge in [0.15, 0.2) is 0 Å². The molecule has 1 aromatic carbocycles. The summed E-state index contributed by atoms with van der Waals surface area (Å²) < 4.78 is 13.1. The number of benzene rings is 1. The number of nitriles is 2. The van der Waals surface area contributed by atoms with Crippen molar-refractivity contribution in [2.45, 2.75) is 25.0 Å². The highest BCUT2D eigenvalue weighted by molar-refractivity contribution is 5.32. The highest BCUT2D eigenvalue weighted by atomic mass is 19.1. The van der Waals surface area contributed by atoms with Gasteiger partial charge in [0.25, 0.3) is 0 Å². The standard InChI is InChI=1S/C12H11FN2O2/c13-9-2-1-8(3-5-14)10(7-9)12(17)11(16)4-6-15/h1-2,7,11-12,16-17H,3-4H2. The van der Waals surface area contributed by atoms with Crippen LogP contribution in [0.3, 0.4) is 0 Å². The van der Waals surface area contributed by atoms with Crippen LogP contribution in [0, 0.1) is 28.5 Å². The SMILES string of the molecule is N#CCc1ccc(F)cc1C(O)C(O)CC#N. The summed E-state index contributed by atoms with van der Waals surface area (Å²) in [6.07, 6.45) is -2.91. The second-order valence-electron chi connectivity index (χ2n) is 3.55. The summed E-state index contributed by atoms with van der Waals surface area (Å²) in [4.78, 5) is 0. The minimum absolute atomic E-state index is 0.00590. The molecular weight excluding hydrogens is 223 g/mol. The first kappa shape index (κ1) is 13.1. The van der Waals surface area contributed by atoms with Crippen molar-refractivity contribution in [3.05, 3.63) is 35.1 Å². The maximum atomic E-state index is 13.1. The average Bonchev–Trinajstić information content (AvgIpc) is 2.31. The predicted octanol–water partition coefficient (Wildman–Crippen LogP) is 1.20. The first-order valence-corrected chi connectivity index (χ1v) is 4.98. The molecule has 0 fully saturated rings. The van der Waals surface area contributed by atoms with Crippen LogP contribution < -0.4 is 0 Å². The number of aliphatic hydroxyl groups excluding tert-OH is 2. The van der Waals surface area contributed by atoms with Crippen molar-refractivity contribution in [3.63, 3.8) is 0 Å². The Labute approximate surface area is 98.2 Å². The van der Waals surface area contributed by atoms with Crippen molar-refractivity contribution in [2.24, 2.45) is 0 Å². The summed E-state index contributed by atoms with van der Waals surface area (Å²) in [5.41, 5.74) is 0.590. The molecule has 0 amide bonds. The van der Waals surface area contributed by atoms with Gasteiger partial charge in [0.2, 0.25) is 0 Å². The molecule has 0 radical (unpaired) electrons. The summed E-state index contributed by atoms with van der Waals surface area (Å²) in [6, 6.07) is 7.24. The maximum Gasteiger partial charge on any atom is 0.123 e. The summed E-state index contributed by atoms with van der Waals surface area (Å²) in [6.45, 7) is 0. The van der Waals surface area contributed by atoms with Crippen LogP contribution in [0.15, 0.2) is 18.2 Å². The molecule has 5 heteroatoms. The molecule has 88 valence electrons. The molecule has 0 aliphatic carbocycles. The third-order valence-corrected chi connectivity index (χ3v) is 2.36. The van der Waals surface area contributed by atoms with Crippen molar-refractivity contribution in [2.75, 3.05) is 0 Å². The molecule has 0 heterocycles. The lowest BCUT2D eigenvalue weighted by Crippen LogP contribution is -2.19. The number of rotatable bonds is 4. The van der Waals surface area contributed by atoms with Crippen molar-refractivity contribution in [3.8, 4) is 12.1 Å². The molecule has 17 heavy (non-hydrogen) atoms. The van der Waals surface area contributed by atoms with Crippen molar-refractivity contribution in [1.29, 1.82) is 10.5 Å². The Kier molecular flexibility index (Phi) is 4.59. The van der Waals surface area contributed by atoms with Gasteiger partial charge in [-0.1, -0.05) is 6.07 Å². The molecule has 0 spiro atoms. The molecule has 0 aliphatic rings. The minimum atomic E-state index is -1.37. The zero-order chi connectivity index (χ0) is 12.8. The van der Waals surface area contributed by atoms with E-state index in [1.54, 1.807) is 6.07 Å². The quantitative estimate of drug-likeness (QED) is 0.819. The second-order valence-corrected chi connectivity index (χ2v) is 3.55. The maximum absolute atomic E-state index is 13.1. The van der Waals surface area contributed by atoms with Crippen LogP contribution in [0.5, 0.6) is 0 Å². The third-order valence-electron chi connectivity index (χ3n) is 2.36. The molecule has 4 nitrogen and oxygen atoms in total. The van der Waals surface area contributed by atoms with E-state index in [2.05, 4.69) is 0 Å². The average molecular weight is 234 g/mol. The summed E-state index contributed by atoms with van der Waals surface area (Å²) in [5, 5.41) is 36.3. The van der Waals surface area contributed by atoms with Gasteiger partial charge in [0, 0.05) is 0 Å². The Hall–Kier alpha value is -1.95. The fourth-order valence-corrected chi connectivity index (χ4v) is 1.50. The molecule has 2 N–H and O–H groups in total. The Morgan fingerprint density at radius 2 is 1.94 bits per heavy atom. The Balaban J connectivity index is 3.07. The lowest BCUT2D eigenvalue weighted by atomic mass is 9.96. The van der Waals surface area contributed by atoms with E-state index in [1.165, 1.54) is 12.1 Å². The largest absolute Gasteiger partial charge is 0.389 e. The molecule has 2 atom stereocenters. The van der Waals surface area contributed by atoms with Gasteiger partial charge in [0.1, 0.15) is 11.9 Å². The van der Waals surface area contributed by atoms with Crippen LogP contribution in [0.1, 0.15) is 23.7 Å². The first-order valence-electron chi connectivity index (χ1n) is 4.98. The van der Waals surface area contributed by atoms with Gasteiger partial charge in [-0.05, 0) is 23.3 Å². The first-order chi connectivity index (χ1) is 8.10. The van der Waals surface area contributed by atoms with Gasteiger partial charge in [-0.3, -0.25) is 0 Å². The Morgan fingerprint density at radius 3 is 2.53 bits per heavy atom. The number of nitrogens with zero attached hydrogens (tertiary/aromatic N) is 2. The van der Waals surface area contributed by atoms with Gasteiger partial charge >= 0.3 is 0 Å². The van der Waals surface area contributed by atoms with E-state index in [0.717, 1.165) is 6.07 Å². The van der Waals surface area contributed by atoms with Crippen LogP contribution in [0.25, 0.3) is 0 Å². The Bertz CT molecular complexity index is 476.